The van der Waals surface area contributed by atoms with Gasteiger partial charge in [0.1, 0.15) is 5.52 Å². The van der Waals surface area contributed by atoms with Gasteiger partial charge in [-0.1, -0.05) is 37.3 Å². The summed E-state index contributed by atoms with van der Waals surface area (Å²) >= 11 is 0. The first kappa shape index (κ1) is 12.4. The van der Waals surface area contributed by atoms with Gasteiger partial charge in [-0.2, -0.15) is 9.97 Å². The number of benzene rings is 1. The van der Waals surface area contributed by atoms with Gasteiger partial charge in [-0.3, -0.25) is 0 Å². The van der Waals surface area contributed by atoms with Crippen molar-refractivity contribution < 1.29 is 0 Å². The van der Waals surface area contributed by atoms with E-state index >= 15 is 0 Å². The average molecular weight is 268 g/mol. The number of hydrogen-bond acceptors (Lipinski definition) is 5. The van der Waals surface area contributed by atoms with Gasteiger partial charge in [0.25, 0.3) is 0 Å². The maximum Gasteiger partial charge on any atom is 0.224 e. The lowest BCUT2D eigenvalue weighted by molar-refractivity contribution is 0.745. The molecule has 0 fully saturated rings. The zero-order chi connectivity index (χ0) is 13.9. The van der Waals surface area contributed by atoms with Crippen LogP contribution in [0.2, 0.25) is 0 Å². The van der Waals surface area contributed by atoms with Gasteiger partial charge in [0.05, 0.1) is 12.4 Å². The topological polar surface area (TPSA) is 92.5 Å². The van der Waals surface area contributed by atoms with Gasteiger partial charge in [-0.25, -0.2) is 4.98 Å². The Hall–Kier alpha value is -2.63. The van der Waals surface area contributed by atoms with Crippen LogP contribution in [-0.4, -0.2) is 19.9 Å². The lowest BCUT2D eigenvalue weighted by Crippen LogP contribution is -2.12. The summed E-state index contributed by atoms with van der Waals surface area (Å²) in [6.07, 6.45) is 2.52. The van der Waals surface area contributed by atoms with E-state index in [1.165, 1.54) is 5.56 Å². The molecule has 0 saturated heterocycles. The molecule has 102 valence electrons. The second kappa shape index (κ2) is 5.16. The molecule has 20 heavy (non-hydrogen) atoms. The fourth-order valence-electron chi connectivity index (χ4n) is 2.23. The normalized spacial score (nSPS) is 12.4. The number of nitrogens with one attached hydrogen (secondary N) is 2. The van der Waals surface area contributed by atoms with Crippen molar-refractivity contribution >= 4 is 22.9 Å². The van der Waals surface area contributed by atoms with Crippen LogP contribution in [-0.2, 0) is 0 Å². The monoisotopic (exact) mass is 268 g/mol. The van der Waals surface area contributed by atoms with Gasteiger partial charge < -0.3 is 16.0 Å². The quantitative estimate of drug-likeness (QED) is 0.676. The molecule has 0 saturated carbocycles. The molecule has 6 heteroatoms. The Morgan fingerprint density at radius 3 is 2.80 bits per heavy atom. The first-order chi connectivity index (χ1) is 9.78. The molecule has 0 aliphatic heterocycles. The smallest absolute Gasteiger partial charge is 0.224 e. The molecule has 1 unspecified atom stereocenters. The molecule has 3 rings (SSSR count). The predicted molar refractivity (Wildman–Crippen MR) is 79.2 cm³/mol. The summed E-state index contributed by atoms with van der Waals surface area (Å²) < 4.78 is 0. The van der Waals surface area contributed by atoms with Crippen molar-refractivity contribution in [2.24, 2.45) is 0 Å². The average Bonchev–Trinajstić information content (AvgIpc) is 2.93. The van der Waals surface area contributed by atoms with Crippen LogP contribution in [0, 0.1) is 0 Å². The molecule has 2 heterocycles. The number of imidazole rings is 1. The molecule has 2 aromatic heterocycles. The third kappa shape index (κ3) is 2.27. The van der Waals surface area contributed by atoms with E-state index in [0.717, 1.165) is 11.9 Å². The third-order valence-electron chi connectivity index (χ3n) is 3.22. The Labute approximate surface area is 116 Å². The number of rotatable bonds is 4. The SMILES string of the molecule is CCC(Nc1nc(N)nc2nc[nH]c12)c1ccccc1. The van der Waals surface area contributed by atoms with Crippen molar-refractivity contribution in [3.8, 4) is 0 Å². The maximum atomic E-state index is 5.72. The lowest BCUT2D eigenvalue weighted by atomic mass is 10.0. The zero-order valence-corrected chi connectivity index (χ0v) is 11.2. The van der Waals surface area contributed by atoms with E-state index in [4.69, 9.17) is 5.73 Å². The number of aromatic amines is 1. The van der Waals surface area contributed by atoms with Gasteiger partial charge in [0, 0.05) is 0 Å². The summed E-state index contributed by atoms with van der Waals surface area (Å²) in [7, 11) is 0. The van der Waals surface area contributed by atoms with Crippen molar-refractivity contribution in [2.45, 2.75) is 19.4 Å². The Bertz CT molecular complexity index is 706. The fraction of sp³-hybridized carbons (Fsp3) is 0.214. The highest BCUT2D eigenvalue weighted by atomic mass is 15.1. The van der Waals surface area contributed by atoms with Crippen molar-refractivity contribution in [3.05, 3.63) is 42.2 Å². The minimum absolute atomic E-state index is 0.164. The summed E-state index contributed by atoms with van der Waals surface area (Å²) in [6, 6.07) is 10.4. The van der Waals surface area contributed by atoms with Gasteiger partial charge >= 0.3 is 0 Å². The molecule has 1 atom stereocenters. The molecular formula is C14H16N6. The van der Waals surface area contributed by atoms with Crippen LogP contribution in [0.25, 0.3) is 11.2 Å². The van der Waals surface area contributed by atoms with Crippen molar-refractivity contribution in [1.82, 2.24) is 19.9 Å². The third-order valence-corrected chi connectivity index (χ3v) is 3.22. The molecule has 0 aliphatic carbocycles. The van der Waals surface area contributed by atoms with Gasteiger partial charge in [-0.05, 0) is 12.0 Å². The second-order valence-corrected chi connectivity index (χ2v) is 4.55. The van der Waals surface area contributed by atoms with E-state index in [0.29, 0.717) is 11.5 Å². The largest absolute Gasteiger partial charge is 0.368 e. The van der Waals surface area contributed by atoms with Crippen LogP contribution < -0.4 is 11.1 Å². The molecular weight excluding hydrogens is 252 g/mol. The molecule has 0 spiro atoms. The van der Waals surface area contributed by atoms with E-state index in [9.17, 15) is 0 Å². The van der Waals surface area contributed by atoms with Crippen LogP contribution in [0.4, 0.5) is 11.8 Å². The van der Waals surface area contributed by atoms with Crippen LogP contribution >= 0.6 is 0 Å². The van der Waals surface area contributed by atoms with E-state index in [2.05, 4.69) is 44.3 Å². The van der Waals surface area contributed by atoms with Crippen LogP contribution in [0.1, 0.15) is 24.9 Å². The minimum Gasteiger partial charge on any atom is -0.368 e. The fourth-order valence-corrected chi connectivity index (χ4v) is 2.23. The Morgan fingerprint density at radius 1 is 1.25 bits per heavy atom. The number of hydrogen-bond donors (Lipinski definition) is 3. The summed E-state index contributed by atoms with van der Waals surface area (Å²) in [5.74, 6) is 0.899. The highest BCUT2D eigenvalue weighted by Gasteiger charge is 2.14. The van der Waals surface area contributed by atoms with Gasteiger partial charge in [0.2, 0.25) is 5.95 Å². The van der Waals surface area contributed by atoms with Crippen molar-refractivity contribution in [2.75, 3.05) is 11.1 Å². The van der Waals surface area contributed by atoms with Crippen LogP contribution in [0.3, 0.4) is 0 Å². The number of H-pyrrole nitrogens is 1. The summed E-state index contributed by atoms with van der Waals surface area (Å²) in [5.41, 5.74) is 8.28. The highest BCUT2D eigenvalue weighted by Crippen LogP contribution is 2.25. The number of nitrogen functional groups attached to an aromatic ring is 1. The number of nitrogens with two attached hydrogens (primary N) is 1. The van der Waals surface area contributed by atoms with Crippen molar-refractivity contribution in [1.29, 1.82) is 0 Å². The number of fused-ring (bicyclic) bond motifs is 1. The molecule has 0 bridgehead atoms. The molecule has 6 nitrogen and oxygen atoms in total. The van der Waals surface area contributed by atoms with Gasteiger partial charge in [0.15, 0.2) is 11.5 Å². The standard InChI is InChI=1S/C14H16N6/c1-2-10(9-6-4-3-5-7-9)18-13-11-12(17-8-16-11)19-14(15)20-13/h3-8,10H,2H2,1H3,(H4,15,16,17,18,19,20). The lowest BCUT2D eigenvalue weighted by Gasteiger charge is -2.18. The first-order valence-electron chi connectivity index (χ1n) is 6.56. The first-order valence-corrected chi connectivity index (χ1v) is 6.56. The van der Waals surface area contributed by atoms with Crippen molar-refractivity contribution in [3.63, 3.8) is 0 Å². The summed E-state index contributed by atoms with van der Waals surface area (Å²) in [4.78, 5) is 15.5. The van der Waals surface area contributed by atoms with Gasteiger partial charge in [-0.15, -0.1) is 0 Å². The van der Waals surface area contributed by atoms with Crippen LogP contribution in [0.15, 0.2) is 36.7 Å². The summed E-state index contributed by atoms with van der Waals surface area (Å²) in [5, 5.41) is 3.41. The molecule has 0 aliphatic rings. The number of nitrogens with zero attached hydrogens (tertiary/aromatic N) is 3. The summed E-state index contributed by atoms with van der Waals surface area (Å²) in [6.45, 7) is 2.12. The molecule has 3 aromatic rings. The van der Waals surface area contributed by atoms with E-state index in [1.54, 1.807) is 6.33 Å². The Balaban J connectivity index is 1.97. The number of anilines is 2. The molecule has 1 aromatic carbocycles. The molecule has 4 N–H and O–H groups in total. The number of aromatic nitrogens is 4. The molecule has 0 radical (unpaired) electrons. The highest BCUT2D eigenvalue weighted by molar-refractivity contribution is 5.83. The van der Waals surface area contributed by atoms with E-state index in [-0.39, 0.29) is 12.0 Å². The Kier molecular flexibility index (Phi) is 3.20. The zero-order valence-electron chi connectivity index (χ0n) is 11.2. The maximum absolute atomic E-state index is 5.72. The molecule has 0 amide bonds. The predicted octanol–water partition coefficient (Wildman–Crippen LogP) is 2.50. The Morgan fingerprint density at radius 2 is 2.05 bits per heavy atom. The minimum atomic E-state index is 0.164. The second-order valence-electron chi connectivity index (χ2n) is 4.55. The van der Waals surface area contributed by atoms with E-state index in [1.807, 2.05) is 18.2 Å². The van der Waals surface area contributed by atoms with Crippen LogP contribution in [0.5, 0.6) is 0 Å². The van der Waals surface area contributed by atoms with E-state index < -0.39 is 0 Å².